The second-order valence-corrected chi connectivity index (χ2v) is 9.96. The first-order valence-corrected chi connectivity index (χ1v) is 11.5. The zero-order chi connectivity index (χ0) is 21.5. The summed E-state index contributed by atoms with van der Waals surface area (Å²) in [4.78, 5) is 25.2. The standard InChI is InChI=1S/C19H24FN5O3S2/c1-10-4-14(24-16(26)12-6-23-13(27-3)7-22-12)30-15(10)19-8-28-11(2)5-18(19,20)9-29-17(21)25-19/h4,6-7,10-11,15H,5,8-9H2,1-3H3,(H2,21,25)(H,24,26)/t10?,11-,15?,18+,19+/m0/s1. The van der Waals surface area contributed by atoms with Crippen molar-refractivity contribution in [1.29, 1.82) is 0 Å². The van der Waals surface area contributed by atoms with E-state index in [4.69, 9.17) is 15.2 Å². The van der Waals surface area contributed by atoms with Crippen LogP contribution in [0.15, 0.2) is 28.5 Å². The van der Waals surface area contributed by atoms with Crippen molar-refractivity contribution in [3.63, 3.8) is 0 Å². The molecule has 3 aliphatic heterocycles. The number of carbonyl (C=O) groups excluding carboxylic acids is 1. The molecule has 2 unspecified atom stereocenters. The van der Waals surface area contributed by atoms with Gasteiger partial charge in [0.2, 0.25) is 5.88 Å². The summed E-state index contributed by atoms with van der Waals surface area (Å²) < 4.78 is 27.1. The van der Waals surface area contributed by atoms with Crippen LogP contribution in [0.5, 0.6) is 5.88 Å². The molecule has 4 rings (SSSR count). The van der Waals surface area contributed by atoms with Crippen molar-refractivity contribution >= 4 is 34.6 Å². The molecule has 4 heterocycles. The largest absolute Gasteiger partial charge is 0.480 e. The summed E-state index contributed by atoms with van der Waals surface area (Å²) in [6, 6.07) is 0. The predicted octanol–water partition coefficient (Wildman–Crippen LogP) is 2.13. The molecule has 3 N–H and O–H groups in total. The quantitative estimate of drug-likeness (QED) is 0.713. The molecule has 1 amide bonds. The molecule has 0 saturated carbocycles. The second-order valence-electron chi connectivity index (χ2n) is 7.78. The molecule has 30 heavy (non-hydrogen) atoms. The molecule has 0 radical (unpaired) electrons. The molecule has 1 aromatic heterocycles. The van der Waals surface area contributed by atoms with Crippen LogP contribution in [0.3, 0.4) is 0 Å². The maximum atomic E-state index is 16.2. The highest BCUT2D eigenvalue weighted by Crippen LogP contribution is 2.54. The molecular weight excluding hydrogens is 429 g/mol. The van der Waals surface area contributed by atoms with E-state index in [1.807, 2.05) is 19.9 Å². The Labute approximate surface area is 182 Å². The number of hydrogen-bond acceptors (Lipinski definition) is 9. The third kappa shape index (κ3) is 3.67. The van der Waals surface area contributed by atoms with Crippen LogP contribution in [0, 0.1) is 5.92 Å². The third-order valence-corrected chi connectivity index (χ3v) is 8.21. The summed E-state index contributed by atoms with van der Waals surface area (Å²) in [5.74, 6) is 0.143. The van der Waals surface area contributed by atoms with E-state index in [0.717, 1.165) is 0 Å². The fourth-order valence-corrected chi connectivity index (χ4v) is 6.66. The van der Waals surface area contributed by atoms with Gasteiger partial charge in [-0.3, -0.25) is 4.79 Å². The van der Waals surface area contributed by atoms with E-state index in [9.17, 15) is 4.79 Å². The Bertz CT molecular complexity index is 899. The molecule has 0 bridgehead atoms. The number of carbonyl (C=O) groups is 1. The number of nitrogens with one attached hydrogen (secondary N) is 1. The SMILES string of the molecule is COc1cnc(C(=O)NC2=CC(C)C([C@]34CO[C@@H](C)C[C@@]3(F)CSC(N)=N4)S2)cn1. The van der Waals surface area contributed by atoms with E-state index in [1.54, 1.807) is 0 Å². The van der Waals surface area contributed by atoms with Crippen molar-refractivity contribution in [2.24, 2.45) is 16.6 Å². The minimum absolute atomic E-state index is 0.0426. The average Bonchev–Trinajstić information content (AvgIpc) is 3.09. The average molecular weight is 454 g/mol. The number of hydrogen-bond donors (Lipinski definition) is 2. The van der Waals surface area contributed by atoms with Gasteiger partial charge in [-0.25, -0.2) is 19.4 Å². The Morgan fingerprint density at radius 3 is 2.90 bits per heavy atom. The molecule has 8 nitrogen and oxygen atoms in total. The Morgan fingerprint density at radius 2 is 2.20 bits per heavy atom. The molecule has 162 valence electrons. The molecule has 1 aromatic rings. The van der Waals surface area contributed by atoms with Crippen LogP contribution in [-0.2, 0) is 4.74 Å². The van der Waals surface area contributed by atoms with E-state index in [0.29, 0.717) is 16.1 Å². The van der Waals surface area contributed by atoms with E-state index >= 15 is 4.39 Å². The normalized spacial score (nSPS) is 35.8. The summed E-state index contributed by atoms with van der Waals surface area (Å²) in [7, 11) is 1.48. The summed E-state index contributed by atoms with van der Waals surface area (Å²) in [5, 5.41) is 3.60. The Hall–Kier alpha value is -1.85. The highest BCUT2D eigenvalue weighted by molar-refractivity contribution is 8.13. The van der Waals surface area contributed by atoms with Crippen molar-refractivity contribution in [2.45, 2.75) is 42.8 Å². The fourth-order valence-electron chi connectivity index (χ4n) is 4.15. The summed E-state index contributed by atoms with van der Waals surface area (Å²) in [5.41, 5.74) is 3.56. The first-order valence-electron chi connectivity index (χ1n) is 9.61. The number of fused-ring (bicyclic) bond motifs is 1. The van der Waals surface area contributed by atoms with Crippen LogP contribution < -0.4 is 15.8 Å². The number of methoxy groups -OCH3 is 1. The molecule has 0 aliphatic carbocycles. The highest BCUT2D eigenvalue weighted by Gasteiger charge is 2.64. The number of rotatable bonds is 4. The second kappa shape index (κ2) is 8.01. The van der Waals surface area contributed by atoms with Crippen molar-refractivity contribution in [2.75, 3.05) is 19.5 Å². The van der Waals surface area contributed by atoms with Gasteiger partial charge in [0.05, 0.1) is 37.2 Å². The van der Waals surface area contributed by atoms with Crippen molar-refractivity contribution in [3.05, 3.63) is 29.2 Å². The summed E-state index contributed by atoms with van der Waals surface area (Å²) >= 11 is 2.65. The molecule has 1 saturated heterocycles. The van der Waals surface area contributed by atoms with Gasteiger partial charge in [-0.1, -0.05) is 24.8 Å². The molecular formula is C19H24FN5O3S2. The maximum Gasteiger partial charge on any atom is 0.276 e. The van der Waals surface area contributed by atoms with Crippen LogP contribution in [0.1, 0.15) is 30.8 Å². The summed E-state index contributed by atoms with van der Waals surface area (Å²) in [6.07, 6.45) is 4.74. The van der Waals surface area contributed by atoms with E-state index in [1.165, 1.54) is 43.0 Å². The number of halogens is 1. The van der Waals surface area contributed by atoms with Gasteiger partial charge in [0.25, 0.3) is 5.91 Å². The maximum absolute atomic E-state index is 16.2. The van der Waals surface area contributed by atoms with Crippen molar-refractivity contribution in [1.82, 2.24) is 15.3 Å². The lowest BCUT2D eigenvalue weighted by Gasteiger charge is -2.53. The number of nitrogens with zero attached hydrogens (tertiary/aromatic N) is 3. The van der Waals surface area contributed by atoms with Gasteiger partial charge in [-0.15, -0.1) is 11.8 Å². The van der Waals surface area contributed by atoms with E-state index in [2.05, 4.69) is 20.3 Å². The Morgan fingerprint density at radius 1 is 1.40 bits per heavy atom. The number of amidine groups is 1. The van der Waals surface area contributed by atoms with Crippen LogP contribution in [-0.4, -0.2) is 63.1 Å². The van der Waals surface area contributed by atoms with Gasteiger partial charge in [-0.2, -0.15) is 0 Å². The lowest BCUT2D eigenvalue weighted by molar-refractivity contribution is -0.105. The zero-order valence-electron chi connectivity index (χ0n) is 16.9. The molecule has 11 heteroatoms. The minimum Gasteiger partial charge on any atom is -0.480 e. The number of alkyl halides is 1. The third-order valence-electron chi connectivity index (χ3n) is 5.66. The van der Waals surface area contributed by atoms with Crippen LogP contribution in [0.25, 0.3) is 0 Å². The number of nitrogens with two attached hydrogens (primary N) is 1. The van der Waals surface area contributed by atoms with Gasteiger partial charge in [0.15, 0.2) is 10.8 Å². The Kier molecular flexibility index (Phi) is 5.71. The first-order chi connectivity index (χ1) is 14.3. The number of thioether (sulfide) groups is 2. The van der Waals surface area contributed by atoms with E-state index < -0.39 is 17.1 Å². The number of aliphatic imine (C=N–C) groups is 1. The lowest BCUT2D eigenvalue weighted by atomic mass is 9.72. The molecule has 3 aliphatic rings. The topological polar surface area (TPSA) is 112 Å². The smallest absolute Gasteiger partial charge is 0.276 e. The van der Waals surface area contributed by atoms with E-state index in [-0.39, 0.29) is 41.7 Å². The van der Waals surface area contributed by atoms with Gasteiger partial charge in [0, 0.05) is 17.4 Å². The molecule has 1 fully saturated rings. The number of amides is 1. The van der Waals surface area contributed by atoms with Crippen LogP contribution in [0.4, 0.5) is 4.39 Å². The zero-order valence-corrected chi connectivity index (χ0v) is 18.6. The van der Waals surface area contributed by atoms with Crippen molar-refractivity contribution < 1.29 is 18.7 Å². The molecule has 5 atom stereocenters. The number of aromatic nitrogens is 2. The van der Waals surface area contributed by atoms with Crippen LogP contribution in [0.2, 0.25) is 0 Å². The van der Waals surface area contributed by atoms with Crippen molar-refractivity contribution in [3.8, 4) is 5.88 Å². The lowest BCUT2D eigenvalue weighted by Crippen LogP contribution is -2.67. The number of allylic oxidation sites excluding steroid dienone is 1. The summed E-state index contributed by atoms with van der Waals surface area (Å²) in [6.45, 7) is 4.03. The Balaban J connectivity index is 1.54. The highest BCUT2D eigenvalue weighted by atomic mass is 32.2. The number of ether oxygens (including phenoxy) is 2. The predicted molar refractivity (Wildman–Crippen MR) is 115 cm³/mol. The van der Waals surface area contributed by atoms with Gasteiger partial charge >= 0.3 is 0 Å². The van der Waals surface area contributed by atoms with Crippen LogP contribution >= 0.6 is 23.5 Å². The fraction of sp³-hybridized carbons (Fsp3) is 0.579. The molecule has 0 spiro atoms. The first kappa shape index (κ1) is 21.4. The molecule has 0 aromatic carbocycles. The minimum atomic E-state index is -1.53. The van der Waals surface area contributed by atoms with Gasteiger partial charge < -0.3 is 20.5 Å². The van der Waals surface area contributed by atoms with Gasteiger partial charge in [-0.05, 0) is 12.8 Å². The van der Waals surface area contributed by atoms with Gasteiger partial charge in [0.1, 0.15) is 11.2 Å². The monoisotopic (exact) mass is 453 g/mol.